The van der Waals surface area contributed by atoms with Gasteiger partial charge in [-0.1, -0.05) is 30.3 Å². The van der Waals surface area contributed by atoms with Gasteiger partial charge in [-0.25, -0.2) is 0 Å². The highest BCUT2D eigenvalue weighted by molar-refractivity contribution is 5.97. The van der Waals surface area contributed by atoms with Crippen molar-refractivity contribution in [2.24, 2.45) is 0 Å². The minimum absolute atomic E-state index is 0.202. The van der Waals surface area contributed by atoms with E-state index in [9.17, 15) is 5.26 Å². The Morgan fingerprint density at radius 2 is 1.77 bits per heavy atom. The Labute approximate surface area is 255 Å². The first-order valence-corrected chi connectivity index (χ1v) is 16.0. The lowest BCUT2D eigenvalue weighted by Gasteiger charge is -2.42. The van der Waals surface area contributed by atoms with Crippen molar-refractivity contribution in [2.75, 3.05) is 76.3 Å². The van der Waals surface area contributed by atoms with Crippen molar-refractivity contribution >= 4 is 22.3 Å². The van der Waals surface area contributed by atoms with Crippen LogP contribution in [0.3, 0.4) is 0 Å². The van der Waals surface area contributed by atoms with Crippen LogP contribution in [-0.4, -0.2) is 109 Å². The number of ether oxygens (including phenoxy) is 1. The fourth-order valence-electron chi connectivity index (χ4n) is 7.43. The van der Waals surface area contributed by atoms with Gasteiger partial charge in [0.05, 0.1) is 24.7 Å². The molecule has 0 N–H and O–H groups in total. The minimum Gasteiger partial charge on any atom is -0.462 e. The molecule has 226 valence electrons. The quantitative estimate of drug-likeness (QED) is 0.371. The molecule has 0 radical (unpaired) electrons. The minimum atomic E-state index is 0.202. The average molecular weight is 581 g/mol. The van der Waals surface area contributed by atoms with Crippen molar-refractivity contribution < 1.29 is 4.74 Å². The van der Waals surface area contributed by atoms with E-state index >= 15 is 0 Å². The van der Waals surface area contributed by atoms with Gasteiger partial charge in [-0.2, -0.15) is 15.2 Å². The molecule has 9 heteroatoms. The lowest BCUT2D eigenvalue weighted by Crippen LogP contribution is -2.54. The Balaban J connectivity index is 1.19. The summed E-state index contributed by atoms with van der Waals surface area (Å²) >= 11 is 0. The van der Waals surface area contributed by atoms with Crippen molar-refractivity contribution in [1.82, 2.24) is 24.7 Å². The average Bonchev–Trinajstić information content (AvgIpc) is 3.55. The van der Waals surface area contributed by atoms with Crippen molar-refractivity contribution in [3.8, 4) is 12.1 Å². The third-order valence-corrected chi connectivity index (χ3v) is 10.2. The first-order valence-electron chi connectivity index (χ1n) is 16.0. The van der Waals surface area contributed by atoms with Crippen molar-refractivity contribution in [1.29, 1.82) is 5.26 Å². The third-order valence-electron chi connectivity index (χ3n) is 10.2. The number of likely N-dealkylation sites (tertiary alicyclic amines) is 1. The van der Waals surface area contributed by atoms with E-state index in [2.05, 4.69) is 88.0 Å². The van der Waals surface area contributed by atoms with E-state index in [-0.39, 0.29) is 6.04 Å². The van der Waals surface area contributed by atoms with E-state index in [0.29, 0.717) is 31.1 Å². The summed E-state index contributed by atoms with van der Waals surface area (Å²) in [6, 6.07) is 17.3. The van der Waals surface area contributed by atoms with Crippen LogP contribution in [0.4, 0.5) is 11.5 Å². The molecule has 3 fully saturated rings. The molecule has 0 aliphatic carbocycles. The number of anilines is 2. The molecule has 3 saturated heterocycles. The maximum atomic E-state index is 9.70. The molecule has 2 unspecified atom stereocenters. The fraction of sp³-hybridized carbons (Fsp3) is 0.559. The van der Waals surface area contributed by atoms with E-state index in [1.165, 1.54) is 34.0 Å². The van der Waals surface area contributed by atoms with Gasteiger partial charge in [-0.05, 0) is 63.8 Å². The van der Waals surface area contributed by atoms with Gasteiger partial charge in [-0.3, -0.25) is 9.80 Å². The summed E-state index contributed by atoms with van der Waals surface area (Å²) in [5.41, 5.74) is 4.87. The predicted molar refractivity (Wildman–Crippen MR) is 171 cm³/mol. The molecule has 1 aromatic heterocycles. The maximum Gasteiger partial charge on any atom is 0.318 e. The first-order chi connectivity index (χ1) is 21.0. The van der Waals surface area contributed by atoms with Crippen LogP contribution >= 0.6 is 0 Å². The highest BCUT2D eigenvalue weighted by atomic mass is 16.5. The lowest BCUT2D eigenvalue weighted by atomic mass is 9.99. The molecule has 4 atom stereocenters. The Hall–Kier alpha value is -3.45. The zero-order valence-corrected chi connectivity index (χ0v) is 25.9. The summed E-state index contributed by atoms with van der Waals surface area (Å²) in [7, 11) is 4.36. The first kappa shape index (κ1) is 28.3. The molecule has 2 aromatic carbocycles. The Morgan fingerprint density at radius 1 is 0.930 bits per heavy atom. The van der Waals surface area contributed by atoms with Gasteiger partial charge in [0, 0.05) is 74.0 Å². The number of aryl methyl sites for hydroxylation is 1. The van der Waals surface area contributed by atoms with E-state index < -0.39 is 0 Å². The molecule has 0 amide bonds. The smallest absolute Gasteiger partial charge is 0.318 e. The van der Waals surface area contributed by atoms with Crippen LogP contribution in [0.2, 0.25) is 0 Å². The summed E-state index contributed by atoms with van der Waals surface area (Å²) < 4.78 is 6.38. The van der Waals surface area contributed by atoms with Crippen LogP contribution < -0.4 is 14.5 Å². The number of hydrogen-bond acceptors (Lipinski definition) is 9. The van der Waals surface area contributed by atoms with E-state index in [1.807, 2.05) is 0 Å². The molecular weight excluding hydrogens is 536 g/mol. The van der Waals surface area contributed by atoms with Gasteiger partial charge in [0.1, 0.15) is 12.4 Å². The summed E-state index contributed by atoms with van der Waals surface area (Å²) in [6.45, 7) is 10.4. The predicted octanol–water partition coefficient (Wildman–Crippen LogP) is 3.69. The normalized spacial score (nSPS) is 26.0. The van der Waals surface area contributed by atoms with Gasteiger partial charge in [0.15, 0.2) is 0 Å². The molecule has 3 aromatic rings. The number of rotatable bonds is 8. The van der Waals surface area contributed by atoms with Crippen LogP contribution in [0.25, 0.3) is 10.8 Å². The highest BCUT2D eigenvalue weighted by Gasteiger charge is 2.37. The number of hydrogen-bond donors (Lipinski definition) is 0. The molecule has 0 spiro atoms. The zero-order chi connectivity index (χ0) is 29.5. The van der Waals surface area contributed by atoms with Crippen molar-refractivity contribution in [2.45, 2.75) is 57.3 Å². The van der Waals surface area contributed by atoms with Gasteiger partial charge >= 0.3 is 6.01 Å². The Bertz CT molecular complexity index is 1520. The van der Waals surface area contributed by atoms with Gasteiger partial charge in [-0.15, -0.1) is 0 Å². The molecule has 5 heterocycles. The van der Waals surface area contributed by atoms with Crippen LogP contribution in [0.1, 0.15) is 36.1 Å². The Morgan fingerprint density at radius 3 is 2.53 bits per heavy atom. The number of fused-ring (bicyclic) bond motifs is 2. The molecule has 0 bridgehead atoms. The van der Waals surface area contributed by atoms with Crippen LogP contribution in [0, 0.1) is 18.3 Å². The van der Waals surface area contributed by atoms with Gasteiger partial charge in [0.2, 0.25) is 0 Å². The molecule has 0 saturated carbocycles. The lowest BCUT2D eigenvalue weighted by molar-refractivity contribution is 0.173. The maximum absolute atomic E-state index is 9.70. The standard InChI is InChI=1S/C34H44N8O/c1-24-7-4-8-25-9-5-11-31(32(24)25)41-16-13-29-30(22-41)36-34(43-23-27-10-6-15-38(27)2)37-33(29)42-18-17-40(21-28-19-39(28)3)26(20-42)12-14-35/h4-5,7-9,11,26-28H,6,10,12-13,15-23H2,1-3H3/t26-,27-,28?,39?/m0/s1. The Kier molecular flexibility index (Phi) is 7.85. The summed E-state index contributed by atoms with van der Waals surface area (Å²) in [5.74, 6) is 1.01. The zero-order valence-electron chi connectivity index (χ0n) is 25.9. The molecule has 4 aliphatic heterocycles. The number of likely N-dealkylation sites (N-methyl/N-ethyl adjacent to an activating group) is 2. The second kappa shape index (κ2) is 11.9. The molecule has 7 rings (SSSR count). The van der Waals surface area contributed by atoms with Crippen LogP contribution in [0.5, 0.6) is 6.01 Å². The van der Waals surface area contributed by atoms with E-state index in [1.54, 1.807) is 0 Å². The number of piperazine rings is 1. The number of benzene rings is 2. The monoisotopic (exact) mass is 580 g/mol. The number of nitriles is 1. The summed E-state index contributed by atoms with van der Waals surface area (Å²) in [4.78, 5) is 22.4. The molecule has 9 nitrogen and oxygen atoms in total. The number of nitrogens with zero attached hydrogens (tertiary/aromatic N) is 8. The second-order valence-electron chi connectivity index (χ2n) is 13.0. The largest absolute Gasteiger partial charge is 0.462 e. The summed E-state index contributed by atoms with van der Waals surface area (Å²) in [6.07, 6.45) is 3.78. The van der Waals surface area contributed by atoms with Crippen LogP contribution in [0.15, 0.2) is 36.4 Å². The van der Waals surface area contributed by atoms with E-state index in [0.717, 1.165) is 76.7 Å². The van der Waals surface area contributed by atoms with Crippen molar-refractivity contribution in [3.05, 3.63) is 53.2 Å². The molecule has 43 heavy (non-hydrogen) atoms. The molecular formula is C34H44N8O. The molecule has 4 aliphatic rings. The van der Waals surface area contributed by atoms with E-state index in [4.69, 9.17) is 14.7 Å². The highest BCUT2D eigenvalue weighted by Crippen LogP contribution is 2.36. The SMILES string of the molecule is Cc1cccc2cccc(N3CCc4c(nc(OC[C@@H]5CCCN5C)nc4N4CCN(CC5CN5C)[C@@H](CC#N)C4)C3)c12. The van der Waals surface area contributed by atoms with Gasteiger partial charge < -0.3 is 19.4 Å². The summed E-state index contributed by atoms with van der Waals surface area (Å²) in [5, 5.41) is 12.3. The van der Waals surface area contributed by atoms with Crippen LogP contribution in [-0.2, 0) is 13.0 Å². The van der Waals surface area contributed by atoms with Gasteiger partial charge in [0.25, 0.3) is 0 Å². The number of aromatic nitrogens is 2. The fourth-order valence-corrected chi connectivity index (χ4v) is 7.43. The second-order valence-corrected chi connectivity index (χ2v) is 13.0. The van der Waals surface area contributed by atoms with Crippen molar-refractivity contribution in [3.63, 3.8) is 0 Å². The third kappa shape index (κ3) is 5.76. The topological polar surface area (TPSA) is 74.8 Å².